The van der Waals surface area contributed by atoms with E-state index in [2.05, 4.69) is 31.0 Å². The van der Waals surface area contributed by atoms with Gasteiger partial charge in [-0.3, -0.25) is 0 Å². The van der Waals surface area contributed by atoms with E-state index in [0.29, 0.717) is 6.61 Å². The van der Waals surface area contributed by atoms with Gasteiger partial charge in [0, 0.05) is 16.4 Å². The van der Waals surface area contributed by atoms with Crippen LogP contribution in [0.4, 0.5) is 0 Å². The molecule has 0 spiro atoms. The molecule has 4 nitrogen and oxygen atoms in total. The number of thioether (sulfide) groups is 1. The van der Waals surface area contributed by atoms with Crippen LogP contribution in [0.3, 0.4) is 0 Å². The maximum Gasteiger partial charge on any atom is 0.120 e. The summed E-state index contributed by atoms with van der Waals surface area (Å²) < 4.78 is 8.14. The van der Waals surface area contributed by atoms with Crippen LogP contribution in [0, 0.1) is 0 Å². The SMILES string of the molecule is CCOC(c1ccc(Cl)cc1)C(SC(C)(C)C)n1cnnc1. The first-order valence-corrected chi connectivity index (χ1v) is 8.55. The van der Waals surface area contributed by atoms with Crippen LogP contribution in [-0.4, -0.2) is 26.1 Å². The van der Waals surface area contributed by atoms with Crippen molar-refractivity contribution >= 4 is 23.4 Å². The highest BCUT2D eigenvalue weighted by molar-refractivity contribution is 8.00. The number of aromatic nitrogens is 3. The minimum atomic E-state index is -0.0949. The van der Waals surface area contributed by atoms with Gasteiger partial charge in [0.2, 0.25) is 0 Å². The summed E-state index contributed by atoms with van der Waals surface area (Å²) >= 11 is 7.84. The highest BCUT2D eigenvalue weighted by atomic mass is 35.5. The Hall–Kier alpha value is -1.04. The highest BCUT2D eigenvalue weighted by Crippen LogP contribution is 2.44. The molecular formula is C16H22ClN3OS. The molecule has 0 aliphatic heterocycles. The molecule has 2 unspecified atom stereocenters. The fourth-order valence-electron chi connectivity index (χ4n) is 2.16. The molecule has 0 aliphatic rings. The molecule has 0 radical (unpaired) electrons. The van der Waals surface area contributed by atoms with Crippen LogP contribution < -0.4 is 0 Å². The van der Waals surface area contributed by atoms with Gasteiger partial charge in [0.05, 0.1) is 0 Å². The summed E-state index contributed by atoms with van der Waals surface area (Å²) in [5, 5.41) is 8.67. The molecule has 120 valence electrons. The number of hydrogen-bond donors (Lipinski definition) is 0. The van der Waals surface area contributed by atoms with Gasteiger partial charge >= 0.3 is 0 Å². The first-order chi connectivity index (χ1) is 10.4. The number of ether oxygens (including phenoxy) is 1. The number of hydrogen-bond acceptors (Lipinski definition) is 4. The zero-order chi connectivity index (χ0) is 16.2. The average molecular weight is 340 g/mol. The highest BCUT2D eigenvalue weighted by Gasteiger charge is 2.30. The lowest BCUT2D eigenvalue weighted by Crippen LogP contribution is -2.22. The minimum Gasteiger partial charge on any atom is -0.371 e. The Balaban J connectivity index is 2.37. The summed E-state index contributed by atoms with van der Waals surface area (Å²) in [5.74, 6) is 0. The van der Waals surface area contributed by atoms with E-state index < -0.39 is 0 Å². The number of rotatable bonds is 6. The monoisotopic (exact) mass is 339 g/mol. The van der Waals surface area contributed by atoms with E-state index in [0.717, 1.165) is 10.6 Å². The predicted octanol–water partition coefficient (Wildman–Crippen LogP) is 4.74. The van der Waals surface area contributed by atoms with Gasteiger partial charge in [-0.2, -0.15) is 0 Å². The Bertz CT molecular complexity index is 566. The fourth-order valence-corrected chi connectivity index (χ4v) is 3.60. The zero-order valence-electron chi connectivity index (χ0n) is 13.4. The average Bonchev–Trinajstić information content (AvgIpc) is 2.97. The van der Waals surface area contributed by atoms with Gasteiger partial charge in [-0.05, 0) is 24.6 Å². The van der Waals surface area contributed by atoms with E-state index in [1.54, 1.807) is 12.7 Å². The largest absolute Gasteiger partial charge is 0.371 e. The number of benzene rings is 1. The lowest BCUT2D eigenvalue weighted by molar-refractivity contribution is 0.0465. The smallest absolute Gasteiger partial charge is 0.120 e. The van der Waals surface area contributed by atoms with Gasteiger partial charge in [0.15, 0.2) is 0 Å². The molecule has 2 aromatic rings. The second kappa shape index (κ2) is 7.49. The molecule has 0 saturated heterocycles. The molecule has 1 aromatic carbocycles. The van der Waals surface area contributed by atoms with Gasteiger partial charge in [-0.15, -0.1) is 22.0 Å². The van der Waals surface area contributed by atoms with E-state index in [9.17, 15) is 0 Å². The van der Waals surface area contributed by atoms with Crippen LogP contribution in [0.1, 0.15) is 44.7 Å². The molecule has 6 heteroatoms. The second-order valence-corrected chi connectivity index (χ2v) is 8.34. The fraction of sp³-hybridized carbons (Fsp3) is 0.500. The van der Waals surface area contributed by atoms with Crippen LogP contribution in [-0.2, 0) is 4.74 Å². The second-order valence-electron chi connectivity index (χ2n) is 5.96. The Kier molecular flexibility index (Phi) is 5.89. The molecule has 2 atom stereocenters. The number of halogens is 1. The third-order valence-corrected chi connectivity index (χ3v) is 4.70. The normalized spacial score (nSPS) is 14.8. The minimum absolute atomic E-state index is 0.0520. The molecule has 1 aromatic heterocycles. The lowest BCUT2D eigenvalue weighted by Gasteiger charge is -2.32. The van der Waals surface area contributed by atoms with Crippen molar-refractivity contribution in [1.82, 2.24) is 14.8 Å². The predicted molar refractivity (Wildman–Crippen MR) is 92.2 cm³/mol. The molecular weight excluding hydrogens is 318 g/mol. The van der Waals surface area contributed by atoms with E-state index >= 15 is 0 Å². The summed E-state index contributed by atoms with van der Waals surface area (Å²) in [4.78, 5) is 0. The molecule has 0 saturated carbocycles. The summed E-state index contributed by atoms with van der Waals surface area (Å²) in [6, 6.07) is 7.83. The Labute approximate surface area is 141 Å². The van der Waals surface area contributed by atoms with Crippen LogP contribution in [0.25, 0.3) is 0 Å². The third kappa shape index (κ3) is 4.73. The molecule has 0 N–H and O–H groups in total. The van der Waals surface area contributed by atoms with Gasteiger partial charge in [-0.25, -0.2) is 0 Å². The first kappa shape index (κ1) is 17.3. The summed E-state index contributed by atoms with van der Waals surface area (Å²) in [5.41, 5.74) is 1.10. The summed E-state index contributed by atoms with van der Waals surface area (Å²) in [6.07, 6.45) is 3.39. The van der Waals surface area contributed by atoms with E-state index in [-0.39, 0.29) is 16.2 Å². The Morgan fingerprint density at radius 3 is 2.27 bits per heavy atom. The molecule has 0 aliphatic carbocycles. The summed E-state index contributed by atoms with van der Waals surface area (Å²) in [7, 11) is 0. The van der Waals surface area contributed by atoms with Crippen LogP contribution in [0.5, 0.6) is 0 Å². The zero-order valence-corrected chi connectivity index (χ0v) is 14.9. The Morgan fingerprint density at radius 2 is 1.77 bits per heavy atom. The van der Waals surface area contributed by atoms with Gasteiger partial charge in [-0.1, -0.05) is 44.5 Å². The quantitative estimate of drug-likeness (QED) is 0.762. The maximum absolute atomic E-state index is 6.06. The van der Waals surface area contributed by atoms with Crippen molar-refractivity contribution in [1.29, 1.82) is 0 Å². The van der Waals surface area contributed by atoms with Crippen LogP contribution in [0.15, 0.2) is 36.9 Å². The van der Waals surface area contributed by atoms with Crippen LogP contribution in [0.2, 0.25) is 5.02 Å². The van der Waals surface area contributed by atoms with Crippen molar-refractivity contribution in [2.45, 2.75) is 43.9 Å². The molecule has 22 heavy (non-hydrogen) atoms. The van der Waals surface area contributed by atoms with Gasteiger partial charge < -0.3 is 9.30 Å². The maximum atomic E-state index is 6.06. The Morgan fingerprint density at radius 1 is 1.18 bits per heavy atom. The molecule has 2 rings (SSSR count). The molecule has 0 fully saturated rings. The van der Waals surface area contributed by atoms with Crippen molar-refractivity contribution in [2.75, 3.05) is 6.61 Å². The van der Waals surface area contributed by atoms with E-state index in [1.807, 2.05) is 47.5 Å². The van der Waals surface area contributed by atoms with E-state index in [1.165, 1.54) is 0 Å². The van der Waals surface area contributed by atoms with Crippen molar-refractivity contribution in [3.8, 4) is 0 Å². The van der Waals surface area contributed by atoms with Crippen molar-refractivity contribution < 1.29 is 4.74 Å². The third-order valence-electron chi connectivity index (χ3n) is 3.01. The first-order valence-electron chi connectivity index (χ1n) is 7.29. The molecule has 0 bridgehead atoms. The van der Waals surface area contributed by atoms with Crippen LogP contribution >= 0.6 is 23.4 Å². The van der Waals surface area contributed by atoms with Crippen molar-refractivity contribution in [3.63, 3.8) is 0 Å². The molecule has 1 heterocycles. The van der Waals surface area contributed by atoms with Gasteiger partial charge in [0.1, 0.15) is 24.1 Å². The standard InChI is InChI=1S/C16H22ClN3OS/c1-5-21-14(12-6-8-13(17)9-7-12)15(22-16(2,3)4)20-10-18-19-11-20/h6-11,14-15H,5H2,1-4H3. The summed E-state index contributed by atoms with van der Waals surface area (Å²) in [6.45, 7) is 9.23. The van der Waals surface area contributed by atoms with Gasteiger partial charge in [0.25, 0.3) is 0 Å². The van der Waals surface area contributed by atoms with Crippen molar-refractivity contribution in [3.05, 3.63) is 47.5 Å². The van der Waals surface area contributed by atoms with Crippen molar-refractivity contribution in [2.24, 2.45) is 0 Å². The lowest BCUT2D eigenvalue weighted by atomic mass is 10.1. The van der Waals surface area contributed by atoms with E-state index in [4.69, 9.17) is 16.3 Å². The molecule has 0 amide bonds. The number of nitrogens with zero attached hydrogens (tertiary/aromatic N) is 3. The topological polar surface area (TPSA) is 39.9 Å².